The molecular weight excluding hydrogens is 162 g/mol. The zero-order chi connectivity index (χ0) is 9.10. The summed E-state index contributed by atoms with van der Waals surface area (Å²) >= 11 is 0. The second-order valence-corrected chi connectivity index (χ2v) is 2.88. The van der Waals surface area contributed by atoms with Crippen LogP contribution in [0.3, 0.4) is 0 Å². The van der Waals surface area contributed by atoms with Crippen molar-refractivity contribution in [1.82, 2.24) is 0 Å². The van der Waals surface area contributed by atoms with E-state index in [1.54, 1.807) is 6.21 Å². The lowest BCUT2D eigenvalue weighted by atomic mass is 10.1. The molecule has 1 aliphatic heterocycles. The number of hydrogen-bond donors (Lipinski definition) is 0. The summed E-state index contributed by atoms with van der Waals surface area (Å²) in [7, 11) is 0. The lowest BCUT2D eigenvalue weighted by molar-refractivity contribution is -0.114. The van der Waals surface area contributed by atoms with E-state index in [4.69, 9.17) is 0 Å². The molecule has 0 aromatic heterocycles. The number of allylic oxidation sites excluding steroid dienone is 1. The number of Topliss-reactive ketones (excluding diaryl/α,β-unsaturated/α-hetero) is 1. The summed E-state index contributed by atoms with van der Waals surface area (Å²) < 4.78 is 0. The maximum absolute atomic E-state index is 11.2. The molecule has 2 nitrogen and oxygen atoms in total. The Bertz CT molecular complexity index is 376. The summed E-state index contributed by atoms with van der Waals surface area (Å²) in [4.78, 5) is 15.2. The lowest BCUT2D eigenvalue weighted by Crippen LogP contribution is -1.91. The first kappa shape index (κ1) is 7.92. The van der Waals surface area contributed by atoms with Gasteiger partial charge in [-0.05, 0) is 11.6 Å². The van der Waals surface area contributed by atoms with Gasteiger partial charge in [0.2, 0.25) is 0 Å². The molecule has 0 aliphatic carbocycles. The van der Waals surface area contributed by atoms with Gasteiger partial charge in [-0.1, -0.05) is 30.3 Å². The third-order valence-electron chi connectivity index (χ3n) is 1.90. The van der Waals surface area contributed by atoms with Crippen molar-refractivity contribution in [2.45, 2.75) is 6.42 Å². The summed E-state index contributed by atoms with van der Waals surface area (Å²) in [5, 5.41) is 0. The van der Waals surface area contributed by atoms with Gasteiger partial charge < -0.3 is 0 Å². The summed E-state index contributed by atoms with van der Waals surface area (Å²) in [5.41, 5.74) is 1.58. The molecule has 0 saturated heterocycles. The van der Waals surface area contributed by atoms with Gasteiger partial charge in [0.05, 0.1) is 0 Å². The van der Waals surface area contributed by atoms with Gasteiger partial charge in [0.25, 0.3) is 0 Å². The van der Waals surface area contributed by atoms with E-state index in [0.29, 0.717) is 12.1 Å². The van der Waals surface area contributed by atoms with Crippen LogP contribution in [0.15, 0.2) is 41.0 Å². The van der Waals surface area contributed by atoms with Gasteiger partial charge in [0.1, 0.15) is 5.70 Å². The number of rotatable bonds is 1. The molecule has 1 aromatic rings. The largest absolute Gasteiger partial charge is 0.292 e. The summed E-state index contributed by atoms with van der Waals surface area (Å²) in [6.07, 6.45) is 3.90. The highest BCUT2D eigenvalue weighted by atomic mass is 16.1. The molecule has 0 amide bonds. The van der Waals surface area contributed by atoms with Crippen molar-refractivity contribution >= 4 is 18.1 Å². The highest BCUT2D eigenvalue weighted by molar-refractivity contribution is 6.10. The molecule has 0 fully saturated rings. The predicted octanol–water partition coefficient (Wildman–Crippen LogP) is 2.07. The molecule has 1 aromatic carbocycles. The molecule has 1 heterocycles. The standard InChI is InChI=1S/C11H9NO/c13-11-6-7-12-10(11)8-9-4-2-1-3-5-9/h1-5,7-8H,6H2. The Kier molecular flexibility index (Phi) is 2.04. The SMILES string of the molecule is O=C1CC=NC1=Cc1ccccc1. The highest BCUT2D eigenvalue weighted by Gasteiger charge is 2.11. The Morgan fingerprint density at radius 3 is 2.62 bits per heavy atom. The van der Waals surface area contributed by atoms with Crippen LogP contribution in [0.2, 0.25) is 0 Å². The van der Waals surface area contributed by atoms with E-state index in [2.05, 4.69) is 4.99 Å². The van der Waals surface area contributed by atoms with Gasteiger partial charge >= 0.3 is 0 Å². The number of benzene rings is 1. The minimum atomic E-state index is 0.101. The van der Waals surface area contributed by atoms with Crippen LogP contribution in [0, 0.1) is 0 Å². The molecule has 0 radical (unpaired) electrons. The first-order valence-corrected chi connectivity index (χ1v) is 4.19. The van der Waals surface area contributed by atoms with E-state index in [-0.39, 0.29) is 5.78 Å². The Labute approximate surface area is 76.6 Å². The van der Waals surface area contributed by atoms with Crippen molar-refractivity contribution in [3.05, 3.63) is 41.6 Å². The number of carbonyl (C=O) groups excluding carboxylic acids is 1. The fourth-order valence-corrected chi connectivity index (χ4v) is 1.23. The quantitative estimate of drug-likeness (QED) is 0.595. The van der Waals surface area contributed by atoms with Crippen molar-refractivity contribution in [3.8, 4) is 0 Å². The summed E-state index contributed by atoms with van der Waals surface area (Å²) in [5.74, 6) is 0.101. The van der Waals surface area contributed by atoms with E-state index in [0.717, 1.165) is 5.56 Å². The van der Waals surface area contributed by atoms with Gasteiger partial charge in [-0.15, -0.1) is 0 Å². The zero-order valence-electron chi connectivity index (χ0n) is 7.10. The third-order valence-corrected chi connectivity index (χ3v) is 1.90. The Hall–Kier alpha value is -1.70. The molecule has 2 rings (SSSR count). The Morgan fingerprint density at radius 1 is 1.23 bits per heavy atom. The first-order chi connectivity index (χ1) is 6.36. The fourth-order valence-electron chi connectivity index (χ4n) is 1.23. The van der Waals surface area contributed by atoms with Crippen LogP contribution >= 0.6 is 0 Å². The molecule has 2 heteroatoms. The summed E-state index contributed by atoms with van der Waals surface area (Å²) in [6.45, 7) is 0. The van der Waals surface area contributed by atoms with Gasteiger partial charge in [-0.3, -0.25) is 9.79 Å². The van der Waals surface area contributed by atoms with Crippen LogP contribution < -0.4 is 0 Å². The molecule has 0 saturated carbocycles. The first-order valence-electron chi connectivity index (χ1n) is 4.19. The fraction of sp³-hybridized carbons (Fsp3) is 0.0909. The van der Waals surface area contributed by atoms with Gasteiger partial charge in [-0.2, -0.15) is 0 Å². The monoisotopic (exact) mass is 171 g/mol. The van der Waals surface area contributed by atoms with E-state index in [1.807, 2.05) is 36.4 Å². The maximum Gasteiger partial charge on any atom is 0.186 e. The second-order valence-electron chi connectivity index (χ2n) is 2.88. The zero-order valence-corrected chi connectivity index (χ0v) is 7.10. The van der Waals surface area contributed by atoms with Crippen molar-refractivity contribution in [3.63, 3.8) is 0 Å². The van der Waals surface area contributed by atoms with Crippen molar-refractivity contribution < 1.29 is 4.79 Å². The summed E-state index contributed by atoms with van der Waals surface area (Å²) in [6, 6.07) is 9.73. The lowest BCUT2D eigenvalue weighted by Gasteiger charge is -1.93. The molecule has 0 atom stereocenters. The molecule has 0 bridgehead atoms. The topological polar surface area (TPSA) is 29.4 Å². The second kappa shape index (κ2) is 3.35. The number of hydrogen-bond acceptors (Lipinski definition) is 2. The predicted molar refractivity (Wildman–Crippen MR) is 52.5 cm³/mol. The Morgan fingerprint density at radius 2 is 2.00 bits per heavy atom. The molecule has 1 aliphatic rings. The highest BCUT2D eigenvalue weighted by Crippen LogP contribution is 2.13. The minimum Gasteiger partial charge on any atom is -0.292 e. The van der Waals surface area contributed by atoms with Crippen LogP contribution in [0.4, 0.5) is 0 Å². The van der Waals surface area contributed by atoms with Gasteiger partial charge in [0.15, 0.2) is 5.78 Å². The van der Waals surface area contributed by atoms with Crippen LogP contribution in [0.1, 0.15) is 12.0 Å². The number of aliphatic imine (C=N–C) groups is 1. The molecule has 0 N–H and O–H groups in total. The Balaban J connectivity index is 2.30. The number of nitrogens with zero attached hydrogens (tertiary/aromatic N) is 1. The molecule has 13 heavy (non-hydrogen) atoms. The molecule has 0 unspecified atom stereocenters. The van der Waals surface area contributed by atoms with Crippen molar-refractivity contribution in [2.75, 3.05) is 0 Å². The third kappa shape index (κ3) is 1.72. The smallest absolute Gasteiger partial charge is 0.186 e. The van der Waals surface area contributed by atoms with E-state index in [1.165, 1.54) is 0 Å². The van der Waals surface area contributed by atoms with Crippen molar-refractivity contribution in [1.29, 1.82) is 0 Å². The van der Waals surface area contributed by atoms with Crippen LogP contribution in [-0.4, -0.2) is 12.0 Å². The number of carbonyl (C=O) groups is 1. The van der Waals surface area contributed by atoms with Gasteiger partial charge in [0, 0.05) is 12.6 Å². The van der Waals surface area contributed by atoms with Crippen molar-refractivity contribution in [2.24, 2.45) is 4.99 Å². The van der Waals surface area contributed by atoms with Gasteiger partial charge in [-0.25, -0.2) is 0 Å². The van der Waals surface area contributed by atoms with Crippen LogP contribution in [-0.2, 0) is 4.79 Å². The normalized spacial score (nSPS) is 18.5. The molecule has 0 spiro atoms. The maximum atomic E-state index is 11.2. The average molecular weight is 171 g/mol. The molecule has 64 valence electrons. The van der Waals surface area contributed by atoms with Crippen LogP contribution in [0.25, 0.3) is 6.08 Å². The van der Waals surface area contributed by atoms with Crippen LogP contribution in [0.5, 0.6) is 0 Å². The average Bonchev–Trinajstić information content (AvgIpc) is 2.54. The molecular formula is C11H9NO. The minimum absolute atomic E-state index is 0.101. The van der Waals surface area contributed by atoms with E-state index < -0.39 is 0 Å². The van der Waals surface area contributed by atoms with E-state index in [9.17, 15) is 4.79 Å². The van der Waals surface area contributed by atoms with E-state index >= 15 is 0 Å². The number of ketones is 1.